The molecule has 0 bridgehead atoms. The number of benzene rings is 1. The van der Waals surface area contributed by atoms with Gasteiger partial charge in [-0.15, -0.1) is 0 Å². The Labute approximate surface area is 158 Å². The van der Waals surface area contributed by atoms with E-state index in [1.54, 1.807) is 0 Å². The Morgan fingerprint density at radius 1 is 1.33 bits per heavy atom. The van der Waals surface area contributed by atoms with E-state index in [0.29, 0.717) is 19.1 Å². The number of rotatable bonds is 10. The topological polar surface area (TPSA) is 112 Å². The summed E-state index contributed by atoms with van der Waals surface area (Å²) >= 11 is 0. The Bertz CT molecular complexity index is 646. The van der Waals surface area contributed by atoms with Gasteiger partial charge < -0.3 is 24.8 Å². The van der Waals surface area contributed by atoms with Crippen molar-refractivity contribution in [1.29, 1.82) is 0 Å². The third-order valence-corrected chi connectivity index (χ3v) is 4.51. The predicted molar refractivity (Wildman–Crippen MR) is 99.6 cm³/mol. The molecule has 1 aromatic rings. The van der Waals surface area contributed by atoms with E-state index in [-0.39, 0.29) is 29.4 Å². The summed E-state index contributed by atoms with van der Waals surface area (Å²) in [6.07, 6.45) is 3.10. The third kappa shape index (κ3) is 6.07. The van der Waals surface area contributed by atoms with Crippen molar-refractivity contribution in [3.63, 3.8) is 0 Å². The Hall–Kier alpha value is -2.39. The predicted octanol–water partition coefficient (Wildman–Crippen LogP) is 1.75. The van der Waals surface area contributed by atoms with Gasteiger partial charge in [-0.05, 0) is 38.3 Å². The molecule has 0 aliphatic carbocycles. The van der Waals surface area contributed by atoms with Gasteiger partial charge in [-0.25, -0.2) is 0 Å². The molecule has 0 spiro atoms. The second kappa shape index (κ2) is 10.7. The van der Waals surface area contributed by atoms with Crippen LogP contribution < -0.4 is 20.1 Å². The molecule has 1 saturated heterocycles. The van der Waals surface area contributed by atoms with E-state index < -0.39 is 10.8 Å². The highest BCUT2D eigenvalue weighted by atomic mass is 16.6. The summed E-state index contributed by atoms with van der Waals surface area (Å²) in [6.45, 7) is 2.99. The van der Waals surface area contributed by atoms with Crippen molar-refractivity contribution in [2.45, 2.75) is 19.3 Å². The fraction of sp³-hybridized carbons (Fsp3) is 0.611. The number of nitro benzene ring substituents is 1. The smallest absolute Gasteiger partial charge is 0.286 e. The van der Waals surface area contributed by atoms with E-state index in [1.165, 1.54) is 26.4 Å². The zero-order valence-corrected chi connectivity index (χ0v) is 15.8. The van der Waals surface area contributed by atoms with Crippen LogP contribution in [0.3, 0.4) is 0 Å². The van der Waals surface area contributed by atoms with E-state index in [9.17, 15) is 14.9 Å². The molecule has 1 heterocycles. The fourth-order valence-electron chi connectivity index (χ4n) is 3.04. The van der Waals surface area contributed by atoms with Crippen LogP contribution in [0.1, 0.15) is 29.6 Å². The molecule has 0 saturated carbocycles. The number of carbonyl (C=O) groups excluding carboxylic acids is 1. The molecule has 1 amide bonds. The van der Waals surface area contributed by atoms with Gasteiger partial charge in [0.05, 0.1) is 24.7 Å². The van der Waals surface area contributed by atoms with Gasteiger partial charge >= 0.3 is 0 Å². The van der Waals surface area contributed by atoms with Gasteiger partial charge in [0.25, 0.3) is 11.6 Å². The molecule has 9 heteroatoms. The Morgan fingerprint density at radius 2 is 2.15 bits per heavy atom. The van der Waals surface area contributed by atoms with Crippen molar-refractivity contribution in [3.8, 4) is 11.5 Å². The molecule has 27 heavy (non-hydrogen) atoms. The summed E-state index contributed by atoms with van der Waals surface area (Å²) < 4.78 is 15.6. The molecule has 0 aromatic heterocycles. The number of carbonyl (C=O) groups is 1. The second-order valence-corrected chi connectivity index (χ2v) is 6.38. The molecule has 1 aromatic carbocycles. The third-order valence-electron chi connectivity index (χ3n) is 4.51. The van der Waals surface area contributed by atoms with Gasteiger partial charge in [-0.3, -0.25) is 14.9 Å². The molecule has 1 unspecified atom stereocenters. The second-order valence-electron chi connectivity index (χ2n) is 6.38. The van der Waals surface area contributed by atoms with Gasteiger partial charge in [0.2, 0.25) is 0 Å². The van der Waals surface area contributed by atoms with Crippen LogP contribution in [-0.4, -0.2) is 57.9 Å². The standard InChI is InChI=1S/C18H27N3O6/c1-25-8-9-27-17-11-15(21(23)24)14(10-16(17)26-2)18(22)20-7-5-13-4-3-6-19-12-13/h10-11,13,19H,3-9,12H2,1-2H3,(H,20,22). The molecule has 1 atom stereocenters. The number of amides is 1. The zero-order valence-electron chi connectivity index (χ0n) is 15.8. The van der Waals surface area contributed by atoms with E-state index in [1.807, 2.05) is 0 Å². The number of nitrogens with one attached hydrogen (secondary N) is 2. The average Bonchev–Trinajstić information content (AvgIpc) is 2.68. The summed E-state index contributed by atoms with van der Waals surface area (Å²) in [5.41, 5.74) is -0.363. The average molecular weight is 381 g/mol. The van der Waals surface area contributed by atoms with Crippen molar-refractivity contribution >= 4 is 11.6 Å². The van der Waals surface area contributed by atoms with Crippen LogP contribution in [0.5, 0.6) is 11.5 Å². The highest BCUT2D eigenvalue weighted by Gasteiger charge is 2.25. The highest BCUT2D eigenvalue weighted by Crippen LogP contribution is 2.34. The minimum absolute atomic E-state index is 0.0438. The van der Waals surface area contributed by atoms with Crippen LogP contribution in [0.2, 0.25) is 0 Å². The molecule has 2 N–H and O–H groups in total. The quantitative estimate of drug-likeness (QED) is 0.361. The molecule has 1 aliphatic heterocycles. The van der Waals surface area contributed by atoms with Crippen molar-refractivity contribution in [1.82, 2.24) is 10.6 Å². The van der Waals surface area contributed by atoms with E-state index >= 15 is 0 Å². The van der Waals surface area contributed by atoms with Crippen LogP contribution in [-0.2, 0) is 4.74 Å². The maximum absolute atomic E-state index is 12.5. The molecule has 1 fully saturated rings. The molecular weight excluding hydrogens is 354 g/mol. The van der Waals surface area contributed by atoms with Crippen LogP contribution in [0.4, 0.5) is 5.69 Å². The van der Waals surface area contributed by atoms with Crippen molar-refractivity contribution in [3.05, 3.63) is 27.8 Å². The SMILES string of the molecule is COCCOc1cc([N+](=O)[O-])c(C(=O)NCCC2CCCNC2)cc1OC. The summed E-state index contributed by atoms with van der Waals surface area (Å²) in [5, 5.41) is 17.5. The summed E-state index contributed by atoms with van der Waals surface area (Å²) in [5.74, 6) is 0.483. The number of hydrogen-bond acceptors (Lipinski definition) is 7. The maximum atomic E-state index is 12.5. The molecular formula is C18H27N3O6. The number of hydrogen-bond donors (Lipinski definition) is 2. The number of nitro groups is 1. The van der Waals surface area contributed by atoms with Crippen LogP contribution in [0.15, 0.2) is 12.1 Å². The Kier molecular flexibility index (Phi) is 8.28. The van der Waals surface area contributed by atoms with E-state index in [2.05, 4.69) is 10.6 Å². The van der Waals surface area contributed by atoms with E-state index in [0.717, 1.165) is 32.4 Å². The zero-order chi connectivity index (χ0) is 19.6. The Morgan fingerprint density at radius 3 is 2.78 bits per heavy atom. The monoisotopic (exact) mass is 381 g/mol. The lowest BCUT2D eigenvalue weighted by Gasteiger charge is -2.22. The summed E-state index contributed by atoms with van der Waals surface area (Å²) in [4.78, 5) is 23.3. The van der Waals surface area contributed by atoms with Gasteiger partial charge in [0.1, 0.15) is 12.2 Å². The molecule has 0 radical (unpaired) electrons. The normalized spacial score (nSPS) is 16.6. The number of methoxy groups -OCH3 is 2. The maximum Gasteiger partial charge on any atom is 0.286 e. The first-order chi connectivity index (χ1) is 13.1. The Balaban J connectivity index is 2.08. The van der Waals surface area contributed by atoms with Gasteiger partial charge in [0.15, 0.2) is 11.5 Å². The molecule has 9 nitrogen and oxygen atoms in total. The van der Waals surface area contributed by atoms with Gasteiger partial charge in [0, 0.05) is 19.7 Å². The summed E-state index contributed by atoms with van der Waals surface area (Å²) in [7, 11) is 2.95. The van der Waals surface area contributed by atoms with Crippen LogP contribution in [0.25, 0.3) is 0 Å². The van der Waals surface area contributed by atoms with Crippen molar-refractivity contribution < 1.29 is 23.9 Å². The lowest BCUT2D eigenvalue weighted by molar-refractivity contribution is -0.385. The van der Waals surface area contributed by atoms with Crippen molar-refractivity contribution in [2.24, 2.45) is 5.92 Å². The summed E-state index contributed by atoms with van der Waals surface area (Å²) in [6, 6.07) is 2.56. The first kappa shape index (κ1) is 20.9. The minimum Gasteiger partial charge on any atom is -0.493 e. The number of ether oxygens (including phenoxy) is 3. The minimum atomic E-state index is -0.595. The van der Waals surface area contributed by atoms with Gasteiger partial charge in [-0.2, -0.15) is 0 Å². The first-order valence-corrected chi connectivity index (χ1v) is 9.04. The fourth-order valence-corrected chi connectivity index (χ4v) is 3.04. The lowest BCUT2D eigenvalue weighted by Crippen LogP contribution is -2.33. The molecule has 1 aliphatic rings. The van der Waals surface area contributed by atoms with Crippen LogP contribution in [0, 0.1) is 16.0 Å². The largest absolute Gasteiger partial charge is 0.493 e. The highest BCUT2D eigenvalue weighted by molar-refractivity contribution is 5.99. The molecule has 2 rings (SSSR count). The van der Waals surface area contributed by atoms with Crippen molar-refractivity contribution in [2.75, 3.05) is 47.1 Å². The van der Waals surface area contributed by atoms with Gasteiger partial charge in [-0.1, -0.05) is 0 Å². The van der Waals surface area contributed by atoms with Crippen LogP contribution >= 0.6 is 0 Å². The lowest BCUT2D eigenvalue weighted by atomic mass is 9.96. The van der Waals surface area contributed by atoms with E-state index in [4.69, 9.17) is 14.2 Å². The molecule has 150 valence electrons. The first-order valence-electron chi connectivity index (χ1n) is 9.04. The number of piperidine rings is 1. The number of nitrogens with zero attached hydrogens (tertiary/aromatic N) is 1.